The Bertz CT molecular complexity index is 698. The van der Waals surface area contributed by atoms with Crippen molar-refractivity contribution in [1.82, 2.24) is 25.2 Å². The quantitative estimate of drug-likeness (QED) is 0.865. The first kappa shape index (κ1) is 17.4. The van der Waals surface area contributed by atoms with E-state index in [0.29, 0.717) is 6.54 Å². The lowest BCUT2D eigenvalue weighted by molar-refractivity contribution is -0.127. The number of carbonyl (C=O) groups is 1. The normalized spacial score (nSPS) is 18.1. The van der Waals surface area contributed by atoms with E-state index >= 15 is 0 Å². The molecule has 1 aromatic carbocycles. The molecule has 0 aliphatic carbocycles. The molecule has 1 fully saturated rings. The van der Waals surface area contributed by atoms with Gasteiger partial charge in [0.2, 0.25) is 5.91 Å². The van der Waals surface area contributed by atoms with Gasteiger partial charge in [-0.15, -0.1) is 5.10 Å². The Morgan fingerprint density at radius 1 is 1.32 bits per heavy atom. The number of carbonyl (C=O) groups excluding carboxylic acids is 1. The SMILES string of the molecule is CCN1CCCC[C@H]1C(=O)NCc1cn(-c2ccc(OC)cc2)nn1. The molecule has 3 rings (SSSR count). The van der Waals surface area contributed by atoms with Crippen LogP contribution >= 0.6 is 0 Å². The minimum atomic E-state index is -0.0182. The van der Waals surface area contributed by atoms with E-state index < -0.39 is 0 Å². The zero-order chi connectivity index (χ0) is 17.6. The molecule has 0 bridgehead atoms. The summed E-state index contributed by atoms with van der Waals surface area (Å²) in [6, 6.07) is 7.56. The number of hydrogen-bond acceptors (Lipinski definition) is 5. The number of piperidine rings is 1. The molecule has 1 N–H and O–H groups in total. The lowest BCUT2D eigenvalue weighted by atomic mass is 10.0. The molecule has 134 valence electrons. The summed E-state index contributed by atoms with van der Waals surface area (Å²) in [6.07, 6.45) is 5.05. The Labute approximate surface area is 148 Å². The average molecular weight is 343 g/mol. The molecule has 1 aliphatic rings. The number of benzene rings is 1. The smallest absolute Gasteiger partial charge is 0.237 e. The number of ether oxygens (including phenoxy) is 1. The van der Waals surface area contributed by atoms with Gasteiger partial charge in [-0.1, -0.05) is 18.6 Å². The number of nitrogens with one attached hydrogen (secondary N) is 1. The fraction of sp³-hybridized carbons (Fsp3) is 0.500. The van der Waals surface area contributed by atoms with Gasteiger partial charge in [-0.05, 0) is 50.2 Å². The Morgan fingerprint density at radius 3 is 2.84 bits per heavy atom. The molecule has 2 aromatic rings. The topological polar surface area (TPSA) is 72.3 Å². The van der Waals surface area contributed by atoms with E-state index in [1.807, 2.05) is 30.5 Å². The maximum atomic E-state index is 12.5. The van der Waals surface area contributed by atoms with E-state index in [-0.39, 0.29) is 11.9 Å². The Morgan fingerprint density at radius 2 is 2.12 bits per heavy atom. The largest absolute Gasteiger partial charge is 0.497 e. The van der Waals surface area contributed by atoms with Crippen molar-refractivity contribution in [3.63, 3.8) is 0 Å². The van der Waals surface area contributed by atoms with Gasteiger partial charge in [-0.2, -0.15) is 0 Å². The predicted octanol–water partition coefficient (Wildman–Crippen LogP) is 1.77. The van der Waals surface area contributed by atoms with Crippen molar-refractivity contribution in [3.8, 4) is 11.4 Å². The molecule has 1 aromatic heterocycles. The van der Waals surface area contributed by atoms with Crippen LogP contribution in [0.5, 0.6) is 5.75 Å². The Balaban J connectivity index is 1.58. The highest BCUT2D eigenvalue weighted by molar-refractivity contribution is 5.81. The summed E-state index contributed by atoms with van der Waals surface area (Å²) in [4.78, 5) is 14.7. The highest BCUT2D eigenvalue weighted by atomic mass is 16.5. The lowest BCUT2D eigenvalue weighted by Gasteiger charge is -2.33. The summed E-state index contributed by atoms with van der Waals surface area (Å²) >= 11 is 0. The summed E-state index contributed by atoms with van der Waals surface area (Å²) in [7, 11) is 1.64. The highest BCUT2D eigenvalue weighted by Gasteiger charge is 2.27. The maximum absolute atomic E-state index is 12.5. The van der Waals surface area contributed by atoms with Gasteiger partial charge in [0.05, 0.1) is 31.6 Å². The molecule has 0 saturated carbocycles. The van der Waals surface area contributed by atoms with Crippen molar-refractivity contribution in [2.45, 2.75) is 38.8 Å². The summed E-state index contributed by atoms with van der Waals surface area (Å²) < 4.78 is 6.85. The first-order valence-corrected chi connectivity index (χ1v) is 8.78. The van der Waals surface area contributed by atoms with Crippen molar-refractivity contribution in [2.75, 3.05) is 20.2 Å². The standard InChI is InChI=1S/C18H25N5O2/c1-3-22-11-5-4-6-17(22)18(24)19-12-14-13-23(21-20-14)15-7-9-16(25-2)10-8-15/h7-10,13,17H,3-6,11-12H2,1-2H3,(H,19,24)/t17-/m0/s1. The highest BCUT2D eigenvalue weighted by Crippen LogP contribution is 2.17. The molecular weight excluding hydrogens is 318 g/mol. The van der Waals surface area contributed by atoms with Crippen LogP contribution in [0.1, 0.15) is 31.9 Å². The van der Waals surface area contributed by atoms with Crippen LogP contribution in [0, 0.1) is 0 Å². The second kappa shape index (κ2) is 8.11. The van der Waals surface area contributed by atoms with Crippen LogP contribution < -0.4 is 10.1 Å². The maximum Gasteiger partial charge on any atom is 0.237 e. The van der Waals surface area contributed by atoms with Crippen LogP contribution in [-0.4, -0.2) is 52.0 Å². The molecular formula is C18H25N5O2. The number of amides is 1. The molecule has 0 unspecified atom stereocenters. The number of likely N-dealkylation sites (tertiary alicyclic amines) is 1. The van der Waals surface area contributed by atoms with Crippen molar-refractivity contribution in [1.29, 1.82) is 0 Å². The monoisotopic (exact) mass is 343 g/mol. The first-order chi connectivity index (χ1) is 12.2. The van der Waals surface area contributed by atoms with Crippen LogP contribution in [0.2, 0.25) is 0 Å². The Hall–Kier alpha value is -2.41. The van der Waals surface area contributed by atoms with E-state index in [4.69, 9.17) is 4.74 Å². The van der Waals surface area contributed by atoms with Gasteiger partial charge >= 0.3 is 0 Å². The number of likely N-dealkylation sites (N-methyl/N-ethyl adjacent to an activating group) is 1. The van der Waals surface area contributed by atoms with Crippen LogP contribution in [0.25, 0.3) is 5.69 Å². The average Bonchev–Trinajstić information content (AvgIpc) is 3.15. The molecule has 1 aliphatic heterocycles. The molecule has 1 saturated heterocycles. The van der Waals surface area contributed by atoms with Crippen molar-refractivity contribution in [2.24, 2.45) is 0 Å². The first-order valence-electron chi connectivity index (χ1n) is 8.78. The van der Waals surface area contributed by atoms with Gasteiger partial charge in [-0.3, -0.25) is 9.69 Å². The van der Waals surface area contributed by atoms with Crippen LogP contribution in [0.15, 0.2) is 30.5 Å². The summed E-state index contributed by atoms with van der Waals surface area (Å²) in [6.45, 7) is 4.41. The molecule has 0 spiro atoms. The molecule has 25 heavy (non-hydrogen) atoms. The van der Waals surface area contributed by atoms with Gasteiger partial charge in [-0.25, -0.2) is 4.68 Å². The van der Waals surface area contributed by atoms with Crippen LogP contribution in [0.3, 0.4) is 0 Å². The zero-order valence-electron chi connectivity index (χ0n) is 14.8. The predicted molar refractivity (Wildman–Crippen MR) is 94.6 cm³/mol. The second-order valence-corrected chi connectivity index (χ2v) is 6.21. The van der Waals surface area contributed by atoms with Gasteiger partial charge < -0.3 is 10.1 Å². The van der Waals surface area contributed by atoms with Gasteiger partial charge in [0.1, 0.15) is 11.4 Å². The van der Waals surface area contributed by atoms with E-state index in [1.165, 1.54) is 6.42 Å². The van der Waals surface area contributed by atoms with E-state index in [1.54, 1.807) is 11.8 Å². The summed E-state index contributed by atoms with van der Waals surface area (Å²) in [5, 5.41) is 11.3. The van der Waals surface area contributed by atoms with E-state index in [9.17, 15) is 4.79 Å². The molecule has 1 atom stereocenters. The van der Waals surface area contributed by atoms with Crippen LogP contribution in [0.4, 0.5) is 0 Å². The molecule has 0 radical (unpaired) electrons. The summed E-state index contributed by atoms with van der Waals surface area (Å²) in [5.41, 5.74) is 1.64. The minimum absolute atomic E-state index is 0.0182. The molecule has 2 heterocycles. The molecule has 7 nitrogen and oxygen atoms in total. The number of nitrogens with zero attached hydrogens (tertiary/aromatic N) is 4. The van der Waals surface area contributed by atoms with Gasteiger partial charge in [0.15, 0.2) is 0 Å². The van der Waals surface area contributed by atoms with Gasteiger partial charge in [0.25, 0.3) is 0 Å². The van der Waals surface area contributed by atoms with E-state index in [2.05, 4.69) is 27.5 Å². The Kier molecular flexibility index (Phi) is 5.65. The third-order valence-corrected chi connectivity index (χ3v) is 4.64. The van der Waals surface area contributed by atoms with E-state index in [0.717, 1.165) is 43.1 Å². The fourth-order valence-electron chi connectivity index (χ4n) is 3.20. The lowest BCUT2D eigenvalue weighted by Crippen LogP contribution is -2.49. The third kappa shape index (κ3) is 4.17. The fourth-order valence-corrected chi connectivity index (χ4v) is 3.20. The molecule has 1 amide bonds. The van der Waals surface area contributed by atoms with Crippen molar-refractivity contribution >= 4 is 5.91 Å². The third-order valence-electron chi connectivity index (χ3n) is 4.64. The minimum Gasteiger partial charge on any atom is -0.497 e. The van der Waals surface area contributed by atoms with Crippen molar-refractivity contribution < 1.29 is 9.53 Å². The zero-order valence-corrected chi connectivity index (χ0v) is 14.8. The number of aromatic nitrogens is 3. The number of hydrogen-bond donors (Lipinski definition) is 1. The summed E-state index contributed by atoms with van der Waals surface area (Å²) in [5.74, 6) is 0.879. The number of methoxy groups -OCH3 is 1. The number of rotatable bonds is 6. The van der Waals surface area contributed by atoms with Crippen molar-refractivity contribution in [3.05, 3.63) is 36.2 Å². The molecule has 7 heteroatoms. The van der Waals surface area contributed by atoms with Gasteiger partial charge in [0, 0.05) is 0 Å². The van der Waals surface area contributed by atoms with Crippen LogP contribution in [-0.2, 0) is 11.3 Å². The second-order valence-electron chi connectivity index (χ2n) is 6.21.